The van der Waals surface area contributed by atoms with Gasteiger partial charge in [-0.05, 0) is 56.5 Å². The van der Waals surface area contributed by atoms with Gasteiger partial charge < -0.3 is 5.32 Å². The van der Waals surface area contributed by atoms with Crippen LogP contribution in [0.2, 0.25) is 5.02 Å². The summed E-state index contributed by atoms with van der Waals surface area (Å²) in [5, 5.41) is 4.27. The number of hydrogen-bond donors (Lipinski definition) is 1. The topological polar surface area (TPSA) is 12.0 Å². The van der Waals surface area contributed by atoms with Crippen molar-refractivity contribution in [2.24, 2.45) is 0 Å². The molecule has 0 aromatic heterocycles. The molecule has 0 spiro atoms. The predicted molar refractivity (Wildman–Crippen MR) is 87.6 cm³/mol. The molecule has 2 heteroatoms. The second kappa shape index (κ2) is 6.92. The first kappa shape index (κ1) is 15.1. The van der Waals surface area contributed by atoms with Crippen molar-refractivity contribution in [2.75, 3.05) is 7.05 Å². The maximum Gasteiger partial charge on any atom is 0.0441 e. The minimum atomic E-state index is 0.401. The molecule has 106 valence electrons. The summed E-state index contributed by atoms with van der Waals surface area (Å²) < 4.78 is 0. The molecule has 0 saturated heterocycles. The number of hydrogen-bond acceptors (Lipinski definition) is 1. The largest absolute Gasteiger partial charge is 0.316 e. The molecule has 0 aliphatic heterocycles. The average Bonchev–Trinajstić information content (AvgIpc) is 2.43. The second-order valence-corrected chi connectivity index (χ2v) is 5.88. The van der Waals surface area contributed by atoms with E-state index in [1.165, 1.54) is 22.3 Å². The van der Waals surface area contributed by atoms with Gasteiger partial charge in [-0.15, -0.1) is 0 Å². The molecule has 0 bridgehead atoms. The molecule has 2 rings (SSSR count). The zero-order chi connectivity index (χ0) is 14.5. The Morgan fingerprint density at radius 1 is 0.950 bits per heavy atom. The molecule has 1 nitrogen and oxygen atoms in total. The minimum Gasteiger partial charge on any atom is -0.316 e. The lowest BCUT2D eigenvalue weighted by Crippen LogP contribution is -2.30. The molecule has 0 amide bonds. The van der Waals surface area contributed by atoms with Crippen LogP contribution in [-0.4, -0.2) is 13.1 Å². The SMILES string of the molecule is CNC(Cc1ccc(C)cc1)Cc1ccc(C)cc1Cl. The lowest BCUT2D eigenvalue weighted by Gasteiger charge is -2.17. The highest BCUT2D eigenvalue weighted by Crippen LogP contribution is 2.20. The third-order valence-corrected chi connectivity index (χ3v) is 4.04. The Hall–Kier alpha value is -1.31. The summed E-state index contributed by atoms with van der Waals surface area (Å²) in [5.41, 5.74) is 5.08. The fourth-order valence-electron chi connectivity index (χ4n) is 2.37. The molecule has 0 aliphatic carbocycles. The maximum absolute atomic E-state index is 6.33. The number of nitrogens with one attached hydrogen (secondary N) is 1. The van der Waals surface area contributed by atoms with Crippen LogP contribution in [0.1, 0.15) is 22.3 Å². The third kappa shape index (κ3) is 4.09. The van der Waals surface area contributed by atoms with E-state index in [-0.39, 0.29) is 0 Å². The van der Waals surface area contributed by atoms with Crippen LogP contribution in [0, 0.1) is 13.8 Å². The van der Waals surface area contributed by atoms with Crippen LogP contribution in [-0.2, 0) is 12.8 Å². The van der Waals surface area contributed by atoms with Gasteiger partial charge in [-0.25, -0.2) is 0 Å². The van der Waals surface area contributed by atoms with Crippen LogP contribution in [0.15, 0.2) is 42.5 Å². The number of benzene rings is 2. The zero-order valence-electron chi connectivity index (χ0n) is 12.4. The molecular formula is C18H22ClN. The van der Waals surface area contributed by atoms with Crippen molar-refractivity contribution in [3.63, 3.8) is 0 Å². The molecule has 0 saturated carbocycles. The zero-order valence-corrected chi connectivity index (χ0v) is 13.2. The third-order valence-electron chi connectivity index (χ3n) is 3.69. The fraction of sp³-hybridized carbons (Fsp3) is 0.333. The predicted octanol–water partition coefficient (Wildman–Crippen LogP) is 4.33. The van der Waals surface area contributed by atoms with E-state index in [0.717, 1.165) is 17.9 Å². The highest BCUT2D eigenvalue weighted by Gasteiger charge is 2.11. The molecule has 1 N–H and O–H groups in total. The molecule has 2 aromatic carbocycles. The minimum absolute atomic E-state index is 0.401. The van der Waals surface area contributed by atoms with Crippen LogP contribution in [0.3, 0.4) is 0 Å². The molecule has 2 aromatic rings. The standard InChI is InChI=1S/C18H22ClN/c1-13-4-7-15(8-5-13)11-17(20-3)12-16-9-6-14(2)10-18(16)19/h4-10,17,20H,11-12H2,1-3H3. The Balaban J connectivity index is 2.07. The van der Waals surface area contributed by atoms with E-state index in [1.54, 1.807) is 0 Å². The summed E-state index contributed by atoms with van der Waals surface area (Å²) in [4.78, 5) is 0. The number of halogens is 1. The van der Waals surface area contributed by atoms with Crippen molar-refractivity contribution in [1.29, 1.82) is 0 Å². The summed E-state index contributed by atoms with van der Waals surface area (Å²) in [7, 11) is 2.01. The first-order valence-corrected chi connectivity index (χ1v) is 7.44. The molecule has 0 fully saturated rings. The van der Waals surface area contributed by atoms with E-state index in [0.29, 0.717) is 6.04 Å². The van der Waals surface area contributed by atoms with E-state index in [9.17, 15) is 0 Å². The summed E-state index contributed by atoms with van der Waals surface area (Å²) in [6, 6.07) is 15.4. The maximum atomic E-state index is 6.33. The molecule has 0 aliphatic rings. The fourth-order valence-corrected chi connectivity index (χ4v) is 2.68. The second-order valence-electron chi connectivity index (χ2n) is 5.47. The van der Waals surface area contributed by atoms with Gasteiger partial charge in [0, 0.05) is 11.1 Å². The van der Waals surface area contributed by atoms with Crippen LogP contribution in [0.25, 0.3) is 0 Å². The quantitative estimate of drug-likeness (QED) is 0.863. The van der Waals surface area contributed by atoms with Crippen molar-refractivity contribution >= 4 is 11.6 Å². The Bertz CT molecular complexity index is 560. The van der Waals surface area contributed by atoms with Crippen molar-refractivity contribution in [1.82, 2.24) is 5.32 Å². The van der Waals surface area contributed by atoms with Crippen LogP contribution in [0.4, 0.5) is 0 Å². The van der Waals surface area contributed by atoms with Gasteiger partial charge in [-0.2, -0.15) is 0 Å². The Morgan fingerprint density at radius 2 is 1.60 bits per heavy atom. The first-order chi connectivity index (χ1) is 9.58. The van der Waals surface area contributed by atoms with Gasteiger partial charge in [-0.3, -0.25) is 0 Å². The van der Waals surface area contributed by atoms with Crippen molar-refractivity contribution in [3.05, 3.63) is 69.7 Å². The van der Waals surface area contributed by atoms with Gasteiger partial charge in [-0.1, -0.05) is 53.6 Å². The number of rotatable bonds is 5. The summed E-state index contributed by atoms with van der Waals surface area (Å²) >= 11 is 6.33. The van der Waals surface area contributed by atoms with Gasteiger partial charge in [0.2, 0.25) is 0 Å². The van der Waals surface area contributed by atoms with Crippen LogP contribution >= 0.6 is 11.6 Å². The lowest BCUT2D eigenvalue weighted by molar-refractivity contribution is 0.556. The van der Waals surface area contributed by atoms with Crippen molar-refractivity contribution < 1.29 is 0 Å². The Morgan fingerprint density at radius 3 is 2.20 bits per heavy atom. The molecule has 0 radical (unpaired) electrons. The molecule has 0 heterocycles. The van der Waals surface area contributed by atoms with Gasteiger partial charge >= 0.3 is 0 Å². The Labute approximate surface area is 127 Å². The highest BCUT2D eigenvalue weighted by molar-refractivity contribution is 6.31. The van der Waals surface area contributed by atoms with E-state index in [4.69, 9.17) is 11.6 Å². The summed E-state index contributed by atoms with van der Waals surface area (Å²) in [6.07, 6.45) is 1.96. The number of aryl methyl sites for hydroxylation is 2. The molecular weight excluding hydrogens is 266 g/mol. The number of likely N-dealkylation sites (N-methyl/N-ethyl adjacent to an activating group) is 1. The highest BCUT2D eigenvalue weighted by atomic mass is 35.5. The van der Waals surface area contributed by atoms with Crippen molar-refractivity contribution in [2.45, 2.75) is 32.7 Å². The first-order valence-electron chi connectivity index (χ1n) is 7.06. The summed E-state index contributed by atoms with van der Waals surface area (Å²) in [5.74, 6) is 0. The van der Waals surface area contributed by atoms with Crippen LogP contribution < -0.4 is 5.32 Å². The van der Waals surface area contributed by atoms with Crippen molar-refractivity contribution in [3.8, 4) is 0 Å². The smallest absolute Gasteiger partial charge is 0.0441 e. The molecule has 1 atom stereocenters. The van der Waals surface area contributed by atoms with E-state index in [1.807, 2.05) is 13.1 Å². The van der Waals surface area contributed by atoms with E-state index in [2.05, 4.69) is 55.6 Å². The van der Waals surface area contributed by atoms with E-state index >= 15 is 0 Å². The molecule has 1 unspecified atom stereocenters. The normalized spacial score (nSPS) is 12.4. The van der Waals surface area contributed by atoms with Gasteiger partial charge in [0.1, 0.15) is 0 Å². The van der Waals surface area contributed by atoms with E-state index < -0.39 is 0 Å². The van der Waals surface area contributed by atoms with Gasteiger partial charge in [0.25, 0.3) is 0 Å². The van der Waals surface area contributed by atoms with Gasteiger partial charge in [0.15, 0.2) is 0 Å². The average molecular weight is 288 g/mol. The Kier molecular flexibility index (Phi) is 5.22. The lowest BCUT2D eigenvalue weighted by atomic mass is 9.98. The monoisotopic (exact) mass is 287 g/mol. The molecule has 20 heavy (non-hydrogen) atoms. The van der Waals surface area contributed by atoms with Crippen LogP contribution in [0.5, 0.6) is 0 Å². The summed E-state index contributed by atoms with van der Waals surface area (Å²) in [6.45, 7) is 4.18. The van der Waals surface area contributed by atoms with Gasteiger partial charge in [0.05, 0.1) is 0 Å².